The molecule has 438 valence electrons. The summed E-state index contributed by atoms with van der Waals surface area (Å²) in [6, 6.07) is 7.13. The number of nitrogens with zero attached hydrogens (tertiary/aromatic N) is 1. The van der Waals surface area contributed by atoms with Crippen LogP contribution in [0.25, 0.3) is 0 Å². The molecule has 0 bridgehead atoms. The molecule has 10 amide bonds. The van der Waals surface area contributed by atoms with Gasteiger partial charge in [0, 0.05) is 38.1 Å². The number of carbonyl (C=O) groups excluding carboxylic acids is 10. The Labute approximate surface area is 498 Å². The second-order valence-electron chi connectivity index (χ2n) is 24.0. The van der Waals surface area contributed by atoms with Crippen molar-refractivity contribution >= 4 is 93.8 Å². The van der Waals surface area contributed by atoms with E-state index in [0.717, 1.165) is 17.5 Å². The van der Waals surface area contributed by atoms with Gasteiger partial charge in [0.1, 0.15) is 46.4 Å². The summed E-state index contributed by atoms with van der Waals surface area (Å²) < 4.78 is 10.5. The van der Waals surface area contributed by atoms with Crippen molar-refractivity contribution in [3.05, 3.63) is 47.5 Å². The molecule has 1 saturated heterocycles. The van der Waals surface area contributed by atoms with Crippen LogP contribution >= 0.6 is 11.6 Å². The average molecular weight is 1150 g/mol. The number of halogens is 1. The monoisotopic (exact) mass is 1150 g/mol. The molecule has 3 heterocycles. The molecule has 3 aliphatic rings. The third-order valence-electron chi connectivity index (χ3n) is 12.5. The Morgan fingerprint density at radius 3 is 1.52 bits per heavy atom. The van der Waals surface area contributed by atoms with Gasteiger partial charge in [-0.05, 0) is 130 Å². The Hall–Kier alpha value is -5.97. The summed E-state index contributed by atoms with van der Waals surface area (Å²) in [6.07, 6.45) is 1.60. The molecule has 9 N–H and O–H groups in total. The molecule has 22 nitrogen and oxygen atoms in total. The number of alkyl halides is 1. The number of rotatable bonds is 19. The van der Waals surface area contributed by atoms with Crippen LogP contribution in [0.15, 0.2) is 36.4 Å². The first-order valence-corrected chi connectivity index (χ1v) is 27.4. The van der Waals surface area contributed by atoms with Gasteiger partial charge in [-0.3, -0.25) is 38.4 Å². The van der Waals surface area contributed by atoms with E-state index in [1.807, 2.05) is 45.9 Å². The number of amides is 10. The molecular formula is C56H84ClN10NaO12. The van der Waals surface area contributed by atoms with Crippen molar-refractivity contribution in [3.8, 4) is 0 Å². The first-order chi connectivity index (χ1) is 36.6. The number of anilines is 4. The van der Waals surface area contributed by atoms with Gasteiger partial charge in [-0.2, -0.15) is 0 Å². The van der Waals surface area contributed by atoms with Gasteiger partial charge in [-0.15, -0.1) is 11.6 Å². The zero-order valence-corrected chi connectivity index (χ0v) is 52.0. The van der Waals surface area contributed by atoms with Crippen molar-refractivity contribution in [2.75, 3.05) is 33.3 Å². The van der Waals surface area contributed by atoms with E-state index in [1.54, 1.807) is 64.6 Å². The molecular weight excluding hydrogens is 1060 g/mol. The van der Waals surface area contributed by atoms with Crippen LogP contribution in [-0.2, 0) is 60.7 Å². The Kier molecular flexibility index (Phi) is 24.9. The molecule has 2 aromatic rings. The molecule has 0 spiro atoms. The Bertz CT molecular complexity index is 2620. The number of para-hydroxylation sites is 2. The van der Waals surface area contributed by atoms with E-state index in [9.17, 15) is 47.9 Å². The van der Waals surface area contributed by atoms with Gasteiger partial charge in [0.05, 0.1) is 22.7 Å². The van der Waals surface area contributed by atoms with Crippen molar-refractivity contribution in [3.63, 3.8) is 0 Å². The van der Waals surface area contributed by atoms with Crippen LogP contribution < -0.4 is 82.3 Å². The largest absolute Gasteiger partial charge is 1.00 e. The van der Waals surface area contributed by atoms with Crippen molar-refractivity contribution in [1.82, 2.24) is 31.9 Å². The fraction of sp³-hybridized carbons (Fsp3) is 0.607. The summed E-state index contributed by atoms with van der Waals surface area (Å²) >= 11 is 5.66. The number of ether oxygens (including phenoxy) is 2. The zero-order valence-electron chi connectivity index (χ0n) is 50.2. The van der Waals surface area contributed by atoms with Crippen LogP contribution in [0.2, 0.25) is 0 Å². The zero-order chi connectivity index (χ0) is 59.4. The predicted molar refractivity (Wildman–Crippen MR) is 302 cm³/mol. The molecule has 80 heavy (non-hydrogen) atoms. The van der Waals surface area contributed by atoms with Crippen LogP contribution in [0.4, 0.5) is 32.3 Å². The summed E-state index contributed by atoms with van der Waals surface area (Å²) in [4.78, 5) is 129. The standard InChI is InChI=1S/C28H42ClN5O6.C28H41N5O6.Na.H/c1-16(2)14-19(32-25(38)28(6,7)34-26(39)40-27(3,4)5)23(36)31-20-15-17-10-8-11-18(22(17)33-24(20)37)30-21(35)12-9-13-29;1-16(2)14-18(30-25(37)28(6,7)32-26(38)39-27(3,4)5)23(35)29-19-15-17-10-8-11-20(22(17)31-24(19)36)33-13-9-12-21(33)34;;/h8,10-11,16,19-20H,9,12-15H2,1-7H3,(H,30,35)(H,31,36)(H,32,38)(H,33,37)(H,34,39);8,10-11,16,18-19H,9,12-15H2,1-7H3,(H,29,35)(H,30,37)(H,31,36)(H,32,38);;/q;;+1;-1/t19-,20?;18-,19?;;/m11../s1. The fourth-order valence-corrected chi connectivity index (χ4v) is 8.76. The number of alkyl carbamates (subject to hydrolysis) is 2. The van der Waals surface area contributed by atoms with Gasteiger partial charge in [0.25, 0.3) is 0 Å². The van der Waals surface area contributed by atoms with Crippen molar-refractivity contribution in [2.45, 2.75) is 195 Å². The van der Waals surface area contributed by atoms with Gasteiger partial charge in [-0.25, -0.2) is 9.59 Å². The molecule has 24 heteroatoms. The number of nitrogens with one attached hydrogen (secondary N) is 9. The maximum atomic E-state index is 13.3. The van der Waals surface area contributed by atoms with Gasteiger partial charge in [0.15, 0.2) is 0 Å². The number of hydrogen-bond donors (Lipinski definition) is 9. The SMILES string of the molecule is CC(C)C[C@@H](NC(=O)C(C)(C)NC(=O)OC(C)(C)C)C(=O)NC1Cc2cccc(N3CCCC3=O)c2NC1=O.CC(C)C[C@@H](NC(=O)C(C)(C)NC(=O)OC(C)(C)C)C(=O)NC1Cc2cccc(NC(=O)CCCCl)c2NC1=O.[H-].[Na+]. The molecule has 0 saturated carbocycles. The van der Waals surface area contributed by atoms with Crippen molar-refractivity contribution in [1.29, 1.82) is 0 Å². The fourth-order valence-electron chi connectivity index (χ4n) is 8.63. The minimum atomic E-state index is -1.37. The van der Waals surface area contributed by atoms with Crippen LogP contribution in [-0.4, -0.2) is 118 Å². The van der Waals surface area contributed by atoms with Crippen molar-refractivity contribution < 1.29 is 88.4 Å². The third-order valence-corrected chi connectivity index (χ3v) is 12.8. The maximum Gasteiger partial charge on any atom is 1.00 e. The number of carbonyl (C=O) groups is 10. The molecule has 3 aliphatic heterocycles. The molecule has 2 aromatic carbocycles. The second-order valence-corrected chi connectivity index (χ2v) is 24.3. The van der Waals surface area contributed by atoms with E-state index in [-0.39, 0.29) is 73.9 Å². The van der Waals surface area contributed by atoms with Gasteiger partial charge in [-0.1, -0.05) is 52.0 Å². The Balaban J connectivity index is 0.000000540. The molecule has 0 aliphatic carbocycles. The smallest absolute Gasteiger partial charge is 1.00 e. The first kappa shape index (κ1) is 68.3. The summed E-state index contributed by atoms with van der Waals surface area (Å²) in [5.74, 6) is -2.72. The molecule has 4 atom stereocenters. The Morgan fingerprint density at radius 2 is 1.11 bits per heavy atom. The minimum absolute atomic E-state index is 0. The summed E-state index contributed by atoms with van der Waals surface area (Å²) in [6.45, 7) is 24.6. The van der Waals surface area contributed by atoms with Crippen LogP contribution in [0.3, 0.4) is 0 Å². The van der Waals surface area contributed by atoms with Crippen molar-refractivity contribution in [2.24, 2.45) is 11.8 Å². The number of benzene rings is 2. The average Bonchev–Trinajstić information content (AvgIpc) is 3.74. The Morgan fingerprint density at radius 1 is 0.675 bits per heavy atom. The van der Waals surface area contributed by atoms with Crippen LogP contribution in [0, 0.1) is 11.8 Å². The van der Waals surface area contributed by atoms with Gasteiger partial charge >= 0.3 is 41.7 Å². The van der Waals surface area contributed by atoms with Gasteiger partial charge < -0.3 is 63.7 Å². The normalized spacial score (nSPS) is 16.8. The molecule has 1 fully saturated rings. The first-order valence-electron chi connectivity index (χ1n) is 26.9. The summed E-state index contributed by atoms with van der Waals surface area (Å²) in [5.41, 5.74) is -0.447. The summed E-state index contributed by atoms with van der Waals surface area (Å²) in [7, 11) is 0. The number of fused-ring (bicyclic) bond motifs is 2. The van der Waals surface area contributed by atoms with E-state index in [0.29, 0.717) is 60.9 Å². The van der Waals surface area contributed by atoms with Crippen LogP contribution in [0.1, 0.15) is 148 Å². The molecule has 5 rings (SSSR count). The van der Waals surface area contributed by atoms with E-state index < -0.39 is 94.1 Å². The third kappa shape index (κ3) is 20.8. The number of hydrogen-bond acceptors (Lipinski definition) is 12. The van der Waals surface area contributed by atoms with E-state index in [2.05, 4.69) is 47.9 Å². The predicted octanol–water partition coefficient (Wildman–Crippen LogP) is 3.20. The molecule has 0 radical (unpaired) electrons. The quantitative estimate of drug-likeness (QED) is 0.0724. The van der Waals surface area contributed by atoms with E-state index in [1.165, 1.54) is 27.7 Å². The molecule has 0 aromatic heterocycles. The maximum absolute atomic E-state index is 13.3. The van der Waals surface area contributed by atoms with Gasteiger partial charge in [0.2, 0.25) is 47.3 Å². The second kappa shape index (κ2) is 29.1. The topological polar surface area (TPSA) is 301 Å². The molecule has 2 unspecified atom stereocenters. The van der Waals surface area contributed by atoms with Crippen LogP contribution in [0.5, 0.6) is 0 Å². The summed E-state index contributed by atoms with van der Waals surface area (Å²) in [5, 5.41) is 24.5. The minimum Gasteiger partial charge on any atom is -1.00 e. The van der Waals surface area contributed by atoms with E-state index in [4.69, 9.17) is 21.1 Å². The van der Waals surface area contributed by atoms with E-state index >= 15 is 0 Å².